The highest BCUT2D eigenvalue weighted by Crippen LogP contribution is 2.14. The number of ether oxygens (including phenoxy) is 2. The molecule has 0 aromatic heterocycles. The molecule has 0 saturated carbocycles. The van der Waals surface area contributed by atoms with Gasteiger partial charge >= 0.3 is 5.97 Å². The summed E-state index contributed by atoms with van der Waals surface area (Å²) in [6, 6.07) is 0. The van der Waals surface area contributed by atoms with Crippen molar-refractivity contribution < 1.29 is 14.3 Å². The average molecular weight is 513 g/mol. The first kappa shape index (κ1) is 34.4. The number of allylic oxidation sites excluding steroid dienone is 1. The minimum absolute atomic E-state index is 0.0514. The Labute approximate surface area is 224 Å². The zero-order valence-corrected chi connectivity index (χ0v) is 24.5. The van der Waals surface area contributed by atoms with E-state index in [1.54, 1.807) is 11.8 Å². The number of unbranched alkanes of at least 4 members (excludes halogenated alkanes) is 18. The third-order valence-corrected chi connectivity index (χ3v) is 7.53. The van der Waals surface area contributed by atoms with Gasteiger partial charge in [-0.05, 0) is 12.8 Å². The van der Waals surface area contributed by atoms with Crippen LogP contribution >= 0.6 is 11.8 Å². The van der Waals surface area contributed by atoms with Crippen LogP contribution in [0.15, 0.2) is 12.3 Å². The number of hydrogen-bond donors (Lipinski definition) is 0. The molecule has 0 heterocycles. The predicted molar refractivity (Wildman–Crippen MR) is 156 cm³/mol. The Morgan fingerprint density at radius 3 is 1.37 bits per heavy atom. The lowest BCUT2D eigenvalue weighted by Gasteiger charge is -2.09. The van der Waals surface area contributed by atoms with Crippen molar-refractivity contribution in [2.75, 3.05) is 24.7 Å². The molecule has 0 atom stereocenters. The summed E-state index contributed by atoms with van der Waals surface area (Å²) in [7, 11) is 0. The number of carbonyl (C=O) groups is 1. The molecule has 0 radical (unpaired) electrons. The van der Waals surface area contributed by atoms with Crippen LogP contribution in [0.1, 0.15) is 155 Å². The van der Waals surface area contributed by atoms with Crippen molar-refractivity contribution >= 4 is 17.7 Å². The monoisotopic (exact) mass is 512 g/mol. The largest absolute Gasteiger partial charge is 0.499 e. The van der Waals surface area contributed by atoms with Crippen LogP contribution in [-0.2, 0) is 14.3 Å². The van der Waals surface area contributed by atoms with E-state index in [2.05, 4.69) is 20.4 Å². The van der Waals surface area contributed by atoms with Crippen molar-refractivity contribution in [1.82, 2.24) is 0 Å². The van der Waals surface area contributed by atoms with Crippen molar-refractivity contribution in [2.45, 2.75) is 155 Å². The second-order valence-corrected chi connectivity index (χ2v) is 11.3. The highest BCUT2D eigenvalue weighted by atomic mass is 32.2. The van der Waals surface area contributed by atoms with Gasteiger partial charge < -0.3 is 9.47 Å². The predicted octanol–water partition coefficient (Wildman–Crippen LogP) is 10.4. The normalized spacial score (nSPS) is 11.0. The zero-order chi connectivity index (χ0) is 25.7. The molecule has 0 saturated heterocycles. The van der Waals surface area contributed by atoms with E-state index in [1.807, 2.05) is 0 Å². The topological polar surface area (TPSA) is 35.5 Å². The molecule has 4 heteroatoms. The molecular formula is C31H60O3S. The maximum atomic E-state index is 11.9. The lowest BCUT2D eigenvalue weighted by Crippen LogP contribution is -2.07. The number of hydrogen-bond acceptors (Lipinski definition) is 4. The Hall–Kier alpha value is -0.640. The maximum Gasteiger partial charge on any atom is 0.306 e. The Balaban J connectivity index is 3.27. The zero-order valence-electron chi connectivity index (χ0n) is 23.7. The molecule has 35 heavy (non-hydrogen) atoms. The van der Waals surface area contributed by atoms with Gasteiger partial charge in [-0.15, -0.1) is 0 Å². The van der Waals surface area contributed by atoms with Crippen molar-refractivity contribution in [1.29, 1.82) is 0 Å². The summed E-state index contributed by atoms with van der Waals surface area (Å²) in [5.41, 5.74) is 0. The fourth-order valence-electron chi connectivity index (χ4n) is 4.17. The van der Waals surface area contributed by atoms with E-state index in [1.165, 1.54) is 116 Å². The van der Waals surface area contributed by atoms with Crippen LogP contribution < -0.4 is 0 Å². The van der Waals surface area contributed by atoms with E-state index in [0.29, 0.717) is 13.0 Å². The van der Waals surface area contributed by atoms with Gasteiger partial charge in [-0.1, -0.05) is 136 Å². The molecule has 0 aliphatic heterocycles. The molecule has 0 aliphatic carbocycles. The molecule has 3 nitrogen and oxygen atoms in total. The summed E-state index contributed by atoms with van der Waals surface area (Å²) in [5, 5.41) is 0. The highest BCUT2D eigenvalue weighted by molar-refractivity contribution is 7.99. The van der Waals surface area contributed by atoms with Crippen LogP contribution in [0.5, 0.6) is 0 Å². The van der Waals surface area contributed by atoms with E-state index in [0.717, 1.165) is 43.1 Å². The molecule has 0 amide bonds. The number of rotatable bonds is 29. The van der Waals surface area contributed by atoms with Gasteiger partial charge in [-0.2, -0.15) is 11.8 Å². The highest BCUT2D eigenvalue weighted by Gasteiger charge is 2.04. The maximum absolute atomic E-state index is 11.9. The molecule has 0 aliphatic rings. The van der Waals surface area contributed by atoms with Crippen LogP contribution in [0.3, 0.4) is 0 Å². The van der Waals surface area contributed by atoms with Gasteiger partial charge in [0.1, 0.15) is 0 Å². The van der Waals surface area contributed by atoms with Crippen molar-refractivity contribution in [2.24, 2.45) is 0 Å². The Bertz CT molecular complexity index is 413. The van der Waals surface area contributed by atoms with Gasteiger partial charge in [0.15, 0.2) is 0 Å². The summed E-state index contributed by atoms with van der Waals surface area (Å²) < 4.78 is 11.1. The van der Waals surface area contributed by atoms with Crippen molar-refractivity contribution in [3.63, 3.8) is 0 Å². The Kier molecular flexibility index (Phi) is 29.0. The minimum Gasteiger partial charge on any atom is -0.499 e. The van der Waals surface area contributed by atoms with Crippen LogP contribution in [0, 0.1) is 0 Å². The fourth-order valence-corrected chi connectivity index (χ4v) is 5.06. The lowest BCUT2D eigenvalue weighted by molar-refractivity contribution is -0.143. The van der Waals surface area contributed by atoms with Crippen LogP contribution in [0.25, 0.3) is 0 Å². The van der Waals surface area contributed by atoms with Crippen molar-refractivity contribution in [3.05, 3.63) is 12.3 Å². The van der Waals surface area contributed by atoms with Gasteiger partial charge in [-0.25, -0.2) is 0 Å². The molecule has 0 spiro atoms. The minimum atomic E-state index is -0.0514. The van der Waals surface area contributed by atoms with Gasteiger partial charge in [0.05, 0.1) is 25.4 Å². The lowest BCUT2D eigenvalue weighted by atomic mass is 10.1. The van der Waals surface area contributed by atoms with E-state index in [4.69, 9.17) is 9.47 Å². The third-order valence-electron chi connectivity index (χ3n) is 6.54. The quantitative estimate of drug-likeness (QED) is 0.0567. The molecule has 0 unspecified atom stereocenters. The van der Waals surface area contributed by atoms with Gasteiger partial charge in [0.2, 0.25) is 0 Å². The first-order valence-corrected chi connectivity index (χ1v) is 16.4. The van der Waals surface area contributed by atoms with E-state index < -0.39 is 0 Å². The average Bonchev–Trinajstić information content (AvgIpc) is 2.85. The summed E-state index contributed by atoms with van der Waals surface area (Å²) in [6.07, 6.45) is 27.8. The van der Waals surface area contributed by atoms with E-state index >= 15 is 0 Å². The Morgan fingerprint density at radius 2 is 0.914 bits per heavy atom. The molecule has 0 fully saturated rings. The summed E-state index contributed by atoms with van der Waals surface area (Å²) in [4.78, 5) is 11.9. The second kappa shape index (κ2) is 29.6. The third kappa shape index (κ3) is 29.5. The number of carbonyl (C=O) groups excluding carboxylic acids is 1. The SMILES string of the molecule is C=C(CCSCCC(=O)OCCCCCCCCCCCC)OCCCCCCCCCCCC. The molecule has 208 valence electrons. The summed E-state index contributed by atoms with van der Waals surface area (Å²) in [6.45, 7) is 9.96. The second-order valence-electron chi connectivity index (χ2n) is 10.1. The molecule has 0 aromatic rings. The van der Waals surface area contributed by atoms with Crippen LogP contribution in [-0.4, -0.2) is 30.7 Å². The molecule has 0 bridgehead atoms. The van der Waals surface area contributed by atoms with E-state index in [-0.39, 0.29) is 5.97 Å². The van der Waals surface area contributed by atoms with Crippen LogP contribution in [0.4, 0.5) is 0 Å². The first-order valence-electron chi connectivity index (χ1n) is 15.2. The van der Waals surface area contributed by atoms with Crippen LogP contribution in [0.2, 0.25) is 0 Å². The number of thioether (sulfide) groups is 1. The van der Waals surface area contributed by atoms with Gasteiger partial charge in [0.25, 0.3) is 0 Å². The van der Waals surface area contributed by atoms with E-state index in [9.17, 15) is 4.79 Å². The van der Waals surface area contributed by atoms with Gasteiger partial charge in [0, 0.05) is 17.9 Å². The summed E-state index contributed by atoms with van der Waals surface area (Å²) >= 11 is 1.79. The van der Waals surface area contributed by atoms with Crippen molar-refractivity contribution in [3.8, 4) is 0 Å². The molecule has 0 N–H and O–H groups in total. The van der Waals surface area contributed by atoms with Gasteiger partial charge in [-0.3, -0.25) is 4.79 Å². The standard InChI is InChI=1S/C31H60O3S/c1-4-6-8-10-12-14-16-18-20-22-26-33-30(3)24-28-35-29-25-31(32)34-27-23-21-19-17-15-13-11-9-7-5-2/h3-29H2,1-2H3. The Morgan fingerprint density at radius 1 is 0.543 bits per heavy atom. The first-order chi connectivity index (χ1) is 17.2. The molecule has 0 aromatic carbocycles. The number of esters is 1. The fraction of sp³-hybridized carbons (Fsp3) is 0.903. The smallest absolute Gasteiger partial charge is 0.306 e. The summed E-state index contributed by atoms with van der Waals surface area (Å²) in [5.74, 6) is 2.62. The molecular weight excluding hydrogens is 452 g/mol. The molecule has 0 rings (SSSR count).